The minimum atomic E-state index is -0.128. The molecule has 4 nitrogen and oxygen atoms in total. The topological polar surface area (TPSA) is 54.1 Å². The standard InChI is InChI=1S/C16H16N2O2S2/c1-10-13(7-15(19)18-21)12-3-2-4-14(16(12)17-10)20-8-11-5-6-22-9-11/h2-6,9,17,21H,7-8H2,1H3,(H,18,19). The lowest BCUT2D eigenvalue weighted by Gasteiger charge is -2.06. The highest BCUT2D eigenvalue weighted by atomic mass is 32.1. The molecule has 0 unspecified atom stereocenters. The lowest BCUT2D eigenvalue weighted by atomic mass is 10.1. The van der Waals surface area contributed by atoms with E-state index in [0.717, 1.165) is 33.5 Å². The summed E-state index contributed by atoms with van der Waals surface area (Å²) >= 11 is 5.46. The highest BCUT2D eigenvalue weighted by Crippen LogP contribution is 2.30. The van der Waals surface area contributed by atoms with Gasteiger partial charge in [0.25, 0.3) is 0 Å². The van der Waals surface area contributed by atoms with E-state index >= 15 is 0 Å². The summed E-state index contributed by atoms with van der Waals surface area (Å²) in [7, 11) is 0. The van der Waals surface area contributed by atoms with Crippen LogP contribution in [0.3, 0.4) is 0 Å². The zero-order valence-electron chi connectivity index (χ0n) is 12.1. The number of amides is 1. The van der Waals surface area contributed by atoms with Gasteiger partial charge >= 0.3 is 0 Å². The summed E-state index contributed by atoms with van der Waals surface area (Å²) in [6, 6.07) is 7.93. The molecule has 0 radical (unpaired) electrons. The molecule has 0 spiro atoms. The van der Waals surface area contributed by atoms with Crippen molar-refractivity contribution in [2.75, 3.05) is 0 Å². The molecule has 0 aliphatic rings. The van der Waals surface area contributed by atoms with E-state index in [0.29, 0.717) is 13.0 Å². The molecule has 22 heavy (non-hydrogen) atoms. The molecule has 0 aliphatic carbocycles. The smallest absolute Gasteiger partial charge is 0.234 e. The molecule has 0 aliphatic heterocycles. The van der Waals surface area contributed by atoms with Gasteiger partial charge in [0.2, 0.25) is 5.91 Å². The van der Waals surface area contributed by atoms with E-state index in [1.54, 1.807) is 11.3 Å². The maximum atomic E-state index is 11.6. The zero-order chi connectivity index (χ0) is 15.5. The third kappa shape index (κ3) is 2.98. The molecule has 0 bridgehead atoms. The highest BCUT2D eigenvalue weighted by Gasteiger charge is 2.14. The summed E-state index contributed by atoms with van der Waals surface area (Å²) < 4.78 is 8.29. The third-order valence-electron chi connectivity index (χ3n) is 3.55. The van der Waals surface area contributed by atoms with Crippen LogP contribution >= 0.6 is 24.2 Å². The van der Waals surface area contributed by atoms with Crippen molar-refractivity contribution in [3.8, 4) is 5.75 Å². The van der Waals surface area contributed by atoms with Crippen molar-refractivity contribution in [1.29, 1.82) is 0 Å². The van der Waals surface area contributed by atoms with Gasteiger partial charge in [-0.05, 0) is 40.9 Å². The van der Waals surface area contributed by atoms with Crippen LogP contribution in [0, 0.1) is 6.92 Å². The van der Waals surface area contributed by atoms with Crippen LogP contribution in [0.1, 0.15) is 16.8 Å². The fourth-order valence-corrected chi connectivity index (χ4v) is 3.19. The van der Waals surface area contributed by atoms with Crippen LogP contribution in [0.2, 0.25) is 0 Å². The molecule has 0 atom stereocenters. The second-order valence-electron chi connectivity index (χ2n) is 5.04. The number of aryl methyl sites for hydroxylation is 1. The number of hydrogen-bond acceptors (Lipinski definition) is 4. The van der Waals surface area contributed by atoms with Crippen molar-refractivity contribution in [2.24, 2.45) is 0 Å². The van der Waals surface area contributed by atoms with E-state index in [-0.39, 0.29) is 5.91 Å². The van der Waals surface area contributed by atoms with E-state index in [1.165, 1.54) is 0 Å². The summed E-state index contributed by atoms with van der Waals surface area (Å²) in [5.74, 6) is 0.668. The van der Waals surface area contributed by atoms with Crippen LogP contribution in [-0.4, -0.2) is 10.9 Å². The Bertz CT molecular complexity index is 794. The van der Waals surface area contributed by atoms with Gasteiger partial charge in [-0.25, -0.2) is 0 Å². The minimum Gasteiger partial charge on any atom is -0.487 e. The molecule has 3 aromatic rings. The Morgan fingerprint density at radius 3 is 3.00 bits per heavy atom. The fraction of sp³-hybridized carbons (Fsp3) is 0.188. The number of H-pyrrole nitrogens is 1. The molecule has 0 fully saturated rings. The van der Waals surface area contributed by atoms with Crippen molar-refractivity contribution in [3.63, 3.8) is 0 Å². The van der Waals surface area contributed by atoms with Gasteiger partial charge in [-0.1, -0.05) is 24.9 Å². The molecule has 6 heteroatoms. The van der Waals surface area contributed by atoms with Gasteiger partial charge in [0.1, 0.15) is 12.4 Å². The van der Waals surface area contributed by atoms with Crippen molar-refractivity contribution in [3.05, 3.63) is 51.8 Å². The maximum Gasteiger partial charge on any atom is 0.234 e. The van der Waals surface area contributed by atoms with E-state index in [9.17, 15) is 4.79 Å². The highest BCUT2D eigenvalue weighted by molar-refractivity contribution is 7.78. The first-order valence-corrected chi connectivity index (χ1v) is 8.25. The van der Waals surface area contributed by atoms with Gasteiger partial charge in [0.15, 0.2) is 0 Å². The van der Waals surface area contributed by atoms with Crippen LogP contribution in [0.4, 0.5) is 0 Å². The number of ether oxygens (including phenoxy) is 1. The lowest BCUT2D eigenvalue weighted by molar-refractivity contribution is -0.118. The summed E-state index contributed by atoms with van der Waals surface area (Å²) in [6.07, 6.45) is 0.295. The SMILES string of the molecule is Cc1[nH]c2c(OCc3ccsc3)cccc2c1CC(=O)NS. The van der Waals surface area contributed by atoms with Crippen molar-refractivity contribution >= 4 is 41.0 Å². The third-order valence-corrected chi connectivity index (χ3v) is 4.53. The molecule has 2 heterocycles. The van der Waals surface area contributed by atoms with Gasteiger partial charge < -0.3 is 14.4 Å². The largest absolute Gasteiger partial charge is 0.487 e. The maximum absolute atomic E-state index is 11.6. The number of thiol groups is 1. The van der Waals surface area contributed by atoms with Gasteiger partial charge in [0.05, 0.1) is 11.9 Å². The first-order chi connectivity index (χ1) is 10.7. The quantitative estimate of drug-likeness (QED) is 0.625. The Morgan fingerprint density at radius 2 is 2.27 bits per heavy atom. The number of nitrogens with one attached hydrogen (secondary N) is 2. The van der Waals surface area contributed by atoms with Crippen LogP contribution < -0.4 is 9.46 Å². The lowest BCUT2D eigenvalue weighted by Crippen LogP contribution is -2.15. The van der Waals surface area contributed by atoms with Crippen molar-refractivity contribution < 1.29 is 9.53 Å². The minimum absolute atomic E-state index is 0.128. The Labute approximate surface area is 138 Å². The predicted molar refractivity (Wildman–Crippen MR) is 92.5 cm³/mol. The average molecular weight is 332 g/mol. The molecule has 2 aromatic heterocycles. The number of aromatic nitrogens is 1. The predicted octanol–water partition coefficient (Wildman–Crippen LogP) is 3.62. The summed E-state index contributed by atoms with van der Waals surface area (Å²) in [5.41, 5.74) is 4.03. The molecule has 2 N–H and O–H groups in total. The van der Waals surface area contributed by atoms with E-state index < -0.39 is 0 Å². The van der Waals surface area contributed by atoms with Crippen LogP contribution in [0.15, 0.2) is 35.0 Å². The number of carbonyl (C=O) groups is 1. The molecule has 1 amide bonds. The van der Waals surface area contributed by atoms with Gasteiger partial charge in [-0.3, -0.25) is 4.79 Å². The number of fused-ring (bicyclic) bond motifs is 1. The Kier molecular flexibility index (Phi) is 4.40. The molecule has 1 aromatic carbocycles. The van der Waals surface area contributed by atoms with Crippen LogP contribution in [0.25, 0.3) is 10.9 Å². The first-order valence-electron chi connectivity index (χ1n) is 6.86. The molecular weight excluding hydrogens is 316 g/mol. The van der Waals surface area contributed by atoms with E-state index in [1.807, 2.05) is 36.6 Å². The number of hydrogen-bond donors (Lipinski definition) is 3. The second kappa shape index (κ2) is 6.46. The molecule has 3 rings (SSSR count). The van der Waals surface area contributed by atoms with Crippen LogP contribution in [0.5, 0.6) is 5.75 Å². The normalized spacial score (nSPS) is 10.8. The van der Waals surface area contributed by atoms with Gasteiger partial charge in [-0.2, -0.15) is 11.3 Å². The number of thiophene rings is 1. The Balaban J connectivity index is 1.92. The van der Waals surface area contributed by atoms with E-state index in [2.05, 4.69) is 27.9 Å². The number of carbonyl (C=O) groups excluding carboxylic acids is 1. The Morgan fingerprint density at radius 1 is 1.41 bits per heavy atom. The summed E-state index contributed by atoms with van der Waals surface area (Å²) in [6.45, 7) is 2.50. The van der Waals surface area contributed by atoms with Crippen LogP contribution in [-0.2, 0) is 17.8 Å². The second-order valence-corrected chi connectivity index (χ2v) is 6.04. The summed E-state index contributed by atoms with van der Waals surface area (Å²) in [5, 5.41) is 5.12. The molecular formula is C16H16N2O2S2. The average Bonchev–Trinajstić information content (AvgIpc) is 3.14. The zero-order valence-corrected chi connectivity index (χ0v) is 13.8. The van der Waals surface area contributed by atoms with Gasteiger partial charge in [-0.15, -0.1) is 0 Å². The fourth-order valence-electron chi connectivity index (χ4n) is 2.46. The number of aromatic amines is 1. The summed E-state index contributed by atoms with van der Waals surface area (Å²) in [4.78, 5) is 14.9. The Hall–Kier alpha value is -1.92. The molecule has 0 saturated carbocycles. The number of rotatable bonds is 5. The number of benzene rings is 1. The number of para-hydroxylation sites is 1. The van der Waals surface area contributed by atoms with Gasteiger partial charge in [0, 0.05) is 11.1 Å². The van der Waals surface area contributed by atoms with Crippen molar-refractivity contribution in [1.82, 2.24) is 9.71 Å². The van der Waals surface area contributed by atoms with E-state index in [4.69, 9.17) is 4.74 Å². The monoisotopic (exact) mass is 332 g/mol. The molecule has 0 saturated heterocycles. The van der Waals surface area contributed by atoms with Crippen molar-refractivity contribution in [2.45, 2.75) is 20.0 Å². The molecule has 114 valence electrons. The first kappa shape index (κ1) is 15.0.